The number of nitrogens with zero attached hydrogens (tertiary/aromatic N) is 1. The summed E-state index contributed by atoms with van der Waals surface area (Å²) in [6.45, 7) is 1.46. The van der Waals surface area contributed by atoms with Crippen molar-refractivity contribution >= 4 is 11.9 Å². The molecule has 1 unspecified atom stereocenters. The first kappa shape index (κ1) is 17.7. The first-order chi connectivity index (χ1) is 12.0. The minimum Gasteiger partial charge on any atom is -0.496 e. The van der Waals surface area contributed by atoms with Gasteiger partial charge in [0.25, 0.3) is 0 Å². The number of methoxy groups -OCH3 is 2. The summed E-state index contributed by atoms with van der Waals surface area (Å²) in [5.74, 6) is 0.833. The summed E-state index contributed by atoms with van der Waals surface area (Å²) in [5.41, 5.74) is 7.03. The van der Waals surface area contributed by atoms with Crippen LogP contribution in [0.15, 0.2) is 18.2 Å². The van der Waals surface area contributed by atoms with E-state index in [0.29, 0.717) is 18.0 Å². The number of likely N-dealkylation sites (tertiary alicyclic amines) is 1. The lowest BCUT2D eigenvalue weighted by Gasteiger charge is -2.39. The predicted molar refractivity (Wildman–Crippen MR) is 93.5 cm³/mol. The Hall–Kier alpha value is -2.08. The summed E-state index contributed by atoms with van der Waals surface area (Å²) >= 11 is 0. The lowest BCUT2D eigenvalue weighted by molar-refractivity contribution is -0.139. The molecule has 1 aromatic rings. The summed E-state index contributed by atoms with van der Waals surface area (Å²) in [6.07, 6.45) is 4.32. The van der Waals surface area contributed by atoms with E-state index in [1.54, 1.807) is 19.2 Å². The van der Waals surface area contributed by atoms with Gasteiger partial charge in [0.1, 0.15) is 5.75 Å². The average molecular weight is 346 g/mol. The maximum Gasteiger partial charge on any atom is 0.337 e. The molecular formula is C19H26N2O4. The molecule has 25 heavy (non-hydrogen) atoms. The van der Waals surface area contributed by atoms with Gasteiger partial charge >= 0.3 is 5.97 Å². The van der Waals surface area contributed by atoms with Gasteiger partial charge < -0.3 is 20.1 Å². The third-order valence-corrected chi connectivity index (χ3v) is 5.45. The molecule has 0 bridgehead atoms. The van der Waals surface area contributed by atoms with Gasteiger partial charge in [0, 0.05) is 13.1 Å². The molecule has 6 nitrogen and oxygen atoms in total. The lowest BCUT2D eigenvalue weighted by Crippen LogP contribution is -2.59. The smallest absolute Gasteiger partial charge is 0.337 e. The molecule has 1 aromatic carbocycles. The zero-order valence-electron chi connectivity index (χ0n) is 14.9. The molecule has 1 aliphatic heterocycles. The third kappa shape index (κ3) is 3.49. The topological polar surface area (TPSA) is 81.9 Å². The number of hydrogen-bond donors (Lipinski definition) is 1. The summed E-state index contributed by atoms with van der Waals surface area (Å²) in [5, 5.41) is 0. The molecule has 136 valence electrons. The highest BCUT2D eigenvalue weighted by Gasteiger charge is 2.44. The van der Waals surface area contributed by atoms with Crippen molar-refractivity contribution in [2.45, 2.75) is 37.6 Å². The highest BCUT2D eigenvalue weighted by molar-refractivity contribution is 5.89. The second kappa shape index (κ2) is 7.04. The Kier molecular flexibility index (Phi) is 4.99. The number of amides is 1. The van der Waals surface area contributed by atoms with Crippen molar-refractivity contribution in [1.82, 2.24) is 4.90 Å². The van der Waals surface area contributed by atoms with Crippen molar-refractivity contribution in [1.29, 1.82) is 0 Å². The van der Waals surface area contributed by atoms with Crippen molar-refractivity contribution in [3.8, 4) is 5.75 Å². The molecule has 3 rings (SSSR count). The van der Waals surface area contributed by atoms with Crippen LogP contribution in [0.1, 0.15) is 41.6 Å². The molecule has 1 saturated heterocycles. The molecule has 1 heterocycles. The first-order valence-corrected chi connectivity index (χ1v) is 8.80. The molecule has 2 fully saturated rings. The van der Waals surface area contributed by atoms with E-state index in [1.165, 1.54) is 7.11 Å². The van der Waals surface area contributed by atoms with E-state index >= 15 is 0 Å². The van der Waals surface area contributed by atoms with E-state index in [1.807, 2.05) is 11.0 Å². The Labute approximate surface area is 148 Å². The van der Waals surface area contributed by atoms with E-state index in [9.17, 15) is 9.59 Å². The van der Waals surface area contributed by atoms with Gasteiger partial charge in [-0.15, -0.1) is 0 Å². The van der Waals surface area contributed by atoms with Gasteiger partial charge in [0.05, 0.1) is 25.3 Å². The number of nitrogens with two attached hydrogens (primary N) is 1. The highest BCUT2D eigenvalue weighted by Crippen LogP contribution is 2.34. The van der Waals surface area contributed by atoms with E-state index in [0.717, 1.165) is 50.0 Å². The molecule has 2 aliphatic rings. The molecule has 6 heteroatoms. The van der Waals surface area contributed by atoms with Crippen LogP contribution < -0.4 is 10.5 Å². The van der Waals surface area contributed by atoms with Crippen LogP contribution in [0.5, 0.6) is 5.75 Å². The second-order valence-electron chi connectivity index (χ2n) is 7.14. The van der Waals surface area contributed by atoms with Gasteiger partial charge in [-0.1, -0.05) is 0 Å². The van der Waals surface area contributed by atoms with Crippen molar-refractivity contribution in [2.75, 3.05) is 27.3 Å². The molecule has 1 saturated carbocycles. The molecule has 0 aromatic heterocycles. The molecule has 1 aliphatic carbocycles. The van der Waals surface area contributed by atoms with Crippen LogP contribution in [0.2, 0.25) is 0 Å². The highest BCUT2D eigenvalue weighted by atomic mass is 16.5. The van der Waals surface area contributed by atoms with E-state index in [2.05, 4.69) is 0 Å². The standard InChI is InChI=1S/C19H26N2O4/c1-24-16-5-4-14(17(22)25-2)11-15(16)10-13-6-9-21(12-13)18(23)19(20)7-3-8-19/h4-5,11,13H,3,6-10,12,20H2,1-2H3. The lowest BCUT2D eigenvalue weighted by atomic mass is 9.76. The summed E-state index contributed by atoms with van der Waals surface area (Å²) < 4.78 is 10.2. The summed E-state index contributed by atoms with van der Waals surface area (Å²) in [4.78, 5) is 26.2. The van der Waals surface area contributed by atoms with Crippen LogP contribution in [0, 0.1) is 5.92 Å². The number of rotatable bonds is 5. The van der Waals surface area contributed by atoms with Gasteiger partial charge in [-0.05, 0) is 61.8 Å². The fourth-order valence-corrected chi connectivity index (χ4v) is 3.76. The zero-order valence-corrected chi connectivity index (χ0v) is 14.9. The van der Waals surface area contributed by atoms with Crippen molar-refractivity contribution in [3.63, 3.8) is 0 Å². The van der Waals surface area contributed by atoms with Crippen LogP contribution in [0.4, 0.5) is 0 Å². The van der Waals surface area contributed by atoms with Crippen LogP contribution in [-0.2, 0) is 16.0 Å². The number of ether oxygens (including phenoxy) is 2. The third-order valence-electron chi connectivity index (χ3n) is 5.45. The van der Waals surface area contributed by atoms with Gasteiger partial charge in [-0.25, -0.2) is 4.79 Å². The van der Waals surface area contributed by atoms with E-state index < -0.39 is 5.54 Å². The van der Waals surface area contributed by atoms with Gasteiger partial charge in [0.2, 0.25) is 5.91 Å². The largest absolute Gasteiger partial charge is 0.496 e. The van der Waals surface area contributed by atoms with Gasteiger partial charge in [-0.2, -0.15) is 0 Å². The molecular weight excluding hydrogens is 320 g/mol. The minimum atomic E-state index is -0.628. The fourth-order valence-electron chi connectivity index (χ4n) is 3.76. The van der Waals surface area contributed by atoms with E-state index in [4.69, 9.17) is 15.2 Å². The van der Waals surface area contributed by atoms with Crippen molar-refractivity contribution in [3.05, 3.63) is 29.3 Å². The number of carbonyl (C=O) groups is 2. The molecule has 1 atom stereocenters. The van der Waals surface area contributed by atoms with Crippen molar-refractivity contribution < 1.29 is 19.1 Å². The SMILES string of the molecule is COC(=O)c1ccc(OC)c(CC2CCN(C(=O)C3(N)CCC3)C2)c1. The van der Waals surface area contributed by atoms with Crippen LogP contribution in [0.25, 0.3) is 0 Å². The number of carbonyl (C=O) groups excluding carboxylic acids is 2. The quantitative estimate of drug-likeness (QED) is 0.822. The predicted octanol–water partition coefficient (Wildman–Crippen LogP) is 1.75. The Bertz CT molecular complexity index is 669. The van der Waals surface area contributed by atoms with Crippen LogP contribution in [0.3, 0.4) is 0 Å². The van der Waals surface area contributed by atoms with Crippen molar-refractivity contribution in [2.24, 2.45) is 11.7 Å². The second-order valence-corrected chi connectivity index (χ2v) is 7.14. The Morgan fingerprint density at radius 1 is 1.32 bits per heavy atom. The summed E-state index contributed by atoms with van der Waals surface area (Å²) in [6, 6.07) is 5.32. The summed E-state index contributed by atoms with van der Waals surface area (Å²) in [7, 11) is 2.99. The van der Waals surface area contributed by atoms with Gasteiger partial charge in [0.15, 0.2) is 0 Å². The number of esters is 1. The van der Waals surface area contributed by atoms with E-state index in [-0.39, 0.29) is 11.9 Å². The average Bonchev–Trinajstić information content (AvgIpc) is 3.06. The molecule has 1 amide bonds. The monoisotopic (exact) mass is 346 g/mol. The number of benzene rings is 1. The Morgan fingerprint density at radius 2 is 2.08 bits per heavy atom. The first-order valence-electron chi connectivity index (χ1n) is 8.80. The van der Waals surface area contributed by atoms with Crippen LogP contribution >= 0.6 is 0 Å². The maximum absolute atomic E-state index is 12.6. The molecule has 0 radical (unpaired) electrons. The molecule has 0 spiro atoms. The maximum atomic E-state index is 12.6. The van der Waals surface area contributed by atoms with Crippen LogP contribution in [-0.4, -0.2) is 49.6 Å². The normalized spacial score (nSPS) is 21.6. The van der Waals surface area contributed by atoms with Gasteiger partial charge in [-0.3, -0.25) is 4.79 Å². The fraction of sp³-hybridized carbons (Fsp3) is 0.579. The minimum absolute atomic E-state index is 0.0940. The molecule has 2 N–H and O–H groups in total. The number of hydrogen-bond acceptors (Lipinski definition) is 5. The Morgan fingerprint density at radius 3 is 2.68 bits per heavy atom. The Balaban J connectivity index is 1.68. The zero-order chi connectivity index (χ0) is 18.0.